The fraction of sp³-hybridized carbons (Fsp3) is 0.348. The van der Waals surface area contributed by atoms with E-state index in [1.807, 2.05) is 75.4 Å². The maximum atomic E-state index is 12.8. The second-order valence-corrected chi connectivity index (χ2v) is 7.85. The smallest absolute Gasteiger partial charge is 0.268 e. The summed E-state index contributed by atoms with van der Waals surface area (Å²) < 4.78 is 8.18. The zero-order chi connectivity index (χ0) is 19.4. The molecule has 3 aromatic rings. The van der Waals surface area contributed by atoms with Crippen molar-refractivity contribution in [2.75, 3.05) is 0 Å². The van der Waals surface area contributed by atoms with Crippen molar-refractivity contribution < 1.29 is 9.53 Å². The van der Waals surface area contributed by atoms with Crippen LogP contribution in [0.4, 0.5) is 0 Å². The molecule has 0 unspecified atom stereocenters. The number of benzene rings is 2. The lowest BCUT2D eigenvalue weighted by atomic mass is 10.1. The van der Waals surface area contributed by atoms with E-state index >= 15 is 0 Å². The zero-order valence-corrected chi connectivity index (χ0v) is 16.6. The van der Waals surface area contributed by atoms with Crippen LogP contribution < -0.4 is 10.1 Å². The van der Waals surface area contributed by atoms with Crippen molar-refractivity contribution in [3.8, 4) is 5.75 Å². The van der Waals surface area contributed by atoms with Crippen LogP contribution in [0.5, 0.6) is 5.75 Å². The second-order valence-electron chi connectivity index (χ2n) is 7.85. The van der Waals surface area contributed by atoms with Crippen molar-refractivity contribution in [2.24, 2.45) is 0 Å². The van der Waals surface area contributed by atoms with Crippen LogP contribution >= 0.6 is 0 Å². The van der Waals surface area contributed by atoms with Gasteiger partial charge in [-0.05, 0) is 51.0 Å². The second kappa shape index (κ2) is 7.87. The van der Waals surface area contributed by atoms with Gasteiger partial charge in [-0.2, -0.15) is 0 Å². The predicted molar refractivity (Wildman–Crippen MR) is 110 cm³/mol. The van der Waals surface area contributed by atoms with Crippen LogP contribution in [0.3, 0.4) is 0 Å². The SMILES string of the molecule is CCCn1c(C(=O)NC(C)(C)C)cc2c(OCc3ccccc3)cccc21. The summed E-state index contributed by atoms with van der Waals surface area (Å²) in [5.74, 6) is 0.747. The van der Waals surface area contributed by atoms with Crippen LogP contribution in [0, 0.1) is 0 Å². The summed E-state index contributed by atoms with van der Waals surface area (Å²) in [6.45, 7) is 9.39. The number of amides is 1. The molecule has 2 aromatic carbocycles. The molecule has 0 aliphatic heterocycles. The first kappa shape index (κ1) is 19.0. The molecule has 4 heteroatoms. The maximum Gasteiger partial charge on any atom is 0.268 e. The van der Waals surface area contributed by atoms with E-state index < -0.39 is 0 Å². The van der Waals surface area contributed by atoms with E-state index in [0.717, 1.165) is 35.2 Å². The van der Waals surface area contributed by atoms with Crippen LogP contribution in [0.1, 0.15) is 50.2 Å². The van der Waals surface area contributed by atoms with Crippen molar-refractivity contribution in [3.63, 3.8) is 0 Å². The quantitative estimate of drug-likeness (QED) is 0.656. The lowest BCUT2D eigenvalue weighted by molar-refractivity contribution is 0.0910. The first-order chi connectivity index (χ1) is 12.9. The van der Waals surface area contributed by atoms with Crippen molar-refractivity contribution in [3.05, 3.63) is 65.9 Å². The standard InChI is InChI=1S/C23H28N2O2/c1-5-14-25-19-12-9-13-21(27-16-17-10-7-6-8-11-17)18(19)15-20(25)22(26)24-23(2,3)4/h6-13,15H,5,14,16H2,1-4H3,(H,24,26). The number of ether oxygens (including phenoxy) is 1. The van der Waals surface area contributed by atoms with E-state index in [2.05, 4.69) is 16.8 Å². The number of carbonyl (C=O) groups is 1. The minimum atomic E-state index is -0.281. The molecule has 1 aromatic heterocycles. The summed E-state index contributed by atoms with van der Waals surface area (Å²) >= 11 is 0. The molecule has 0 saturated carbocycles. The summed E-state index contributed by atoms with van der Waals surface area (Å²) in [6, 6.07) is 18.1. The Labute approximate surface area is 161 Å². The largest absolute Gasteiger partial charge is 0.488 e. The lowest BCUT2D eigenvalue weighted by Crippen LogP contribution is -2.41. The van der Waals surface area contributed by atoms with Gasteiger partial charge < -0.3 is 14.6 Å². The van der Waals surface area contributed by atoms with E-state index in [1.165, 1.54) is 0 Å². The van der Waals surface area contributed by atoms with Crippen LogP contribution in [0.2, 0.25) is 0 Å². The lowest BCUT2D eigenvalue weighted by Gasteiger charge is -2.21. The Morgan fingerprint density at radius 1 is 1.07 bits per heavy atom. The number of carbonyl (C=O) groups excluding carboxylic acids is 1. The highest BCUT2D eigenvalue weighted by Crippen LogP contribution is 2.30. The summed E-state index contributed by atoms with van der Waals surface area (Å²) in [5, 5.41) is 4.05. The Kier molecular flexibility index (Phi) is 5.54. The first-order valence-electron chi connectivity index (χ1n) is 9.50. The molecule has 0 atom stereocenters. The van der Waals surface area contributed by atoms with E-state index in [4.69, 9.17) is 4.74 Å². The van der Waals surface area contributed by atoms with Gasteiger partial charge in [-0.15, -0.1) is 0 Å². The molecule has 3 rings (SSSR count). The third-order valence-electron chi connectivity index (χ3n) is 4.31. The normalized spacial score (nSPS) is 11.6. The van der Waals surface area contributed by atoms with Crippen molar-refractivity contribution in [1.82, 2.24) is 9.88 Å². The number of aryl methyl sites for hydroxylation is 1. The molecule has 4 nitrogen and oxygen atoms in total. The monoisotopic (exact) mass is 364 g/mol. The van der Waals surface area contributed by atoms with Gasteiger partial charge in [0.25, 0.3) is 5.91 Å². The Balaban J connectivity index is 1.97. The molecule has 0 saturated heterocycles. The van der Waals surface area contributed by atoms with Crippen LogP contribution in [-0.2, 0) is 13.2 Å². The van der Waals surface area contributed by atoms with Gasteiger partial charge in [-0.1, -0.05) is 43.3 Å². The van der Waals surface area contributed by atoms with Gasteiger partial charge in [0.05, 0.1) is 5.52 Å². The van der Waals surface area contributed by atoms with Gasteiger partial charge in [-0.25, -0.2) is 0 Å². The number of nitrogens with one attached hydrogen (secondary N) is 1. The molecular formula is C23H28N2O2. The molecule has 1 heterocycles. The Hall–Kier alpha value is -2.75. The van der Waals surface area contributed by atoms with Gasteiger partial charge >= 0.3 is 0 Å². The topological polar surface area (TPSA) is 43.3 Å². The molecule has 0 radical (unpaired) electrons. The zero-order valence-electron chi connectivity index (χ0n) is 16.6. The number of hydrogen-bond donors (Lipinski definition) is 1. The minimum Gasteiger partial charge on any atom is -0.488 e. The van der Waals surface area contributed by atoms with E-state index in [9.17, 15) is 4.79 Å². The molecule has 0 bridgehead atoms. The van der Waals surface area contributed by atoms with Crippen LogP contribution in [0.25, 0.3) is 10.9 Å². The average Bonchev–Trinajstić information content (AvgIpc) is 2.99. The number of fused-ring (bicyclic) bond motifs is 1. The molecule has 27 heavy (non-hydrogen) atoms. The third-order valence-corrected chi connectivity index (χ3v) is 4.31. The van der Waals surface area contributed by atoms with Crippen molar-refractivity contribution in [2.45, 2.75) is 52.8 Å². The Bertz CT molecular complexity index is 921. The van der Waals surface area contributed by atoms with Crippen molar-refractivity contribution in [1.29, 1.82) is 0 Å². The molecule has 142 valence electrons. The highest BCUT2D eigenvalue weighted by Gasteiger charge is 2.21. The Morgan fingerprint density at radius 2 is 1.81 bits per heavy atom. The Morgan fingerprint density at radius 3 is 2.48 bits per heavy atom. The summed E-state index contributed by atoms with van der Waals surface area (Å²) in [4.78, 5) is 12.8. The van der Waals surface area contributed by atoms with Gasteiger partial charge in [0, 0.05) is 17.5 Å². The fourth-order valence-electron chi connectivity index (χ4n) is 3.18. The molecule has 1 amide bonds. The first-order valence-corrected chi connectivity index (χ1v) is 9.50. The summed E-state index contributed by atoms with van der Waals surface area (Å²) in [5.41, 5.74) is 2.55. The summed E-state index contributed by atoms with van der Waals surface area (Å²) in [6.07, 6.45) is 0.953. The van der Waals surface area contributed by atoms with Crippen LogP contribution in [0.15, 0.2) is 54.6 Å². The molecule has 0 aliphatic rings. The van der Waals surface area contributed by atoms with Crippen molar-refractivity contribution >= 4 is 16.8 Å². The van der Waals surface area contributed by atoms with Gasteiger partial charge in [0.2, 0.25) is 0 Å². The van der Waals surface area contributed by atoms with Gasteiger partial charge in [0.1, 0.15) is 18.1 Å². The molecule has 0 spiro atoms. The number of rotatable bonds is 6. The van der Waals surface area contributed by atoms with Gasteiger partial charge in [-0.3, -0.25) is 4.79 Å². The number of aromatic nitrogens is 1. The number of nitrogens with zero attached hydrogens (tertiary/aromatic N) is 1. The summed E-state index contributed by atoms with van der Waals surface area (Å²) in [7, 11) is 0. The molecule has 1 N–H and O–H groups in total. The highest BCUT2D eigenvalue weighted by atomic mass is 16.5. The third kappa shape index (κ3) is 4.51. The van der Waals surface area contributed by atoms with E-state index in [1.54, 1.807) is 0 Å². The van der Waals surface area contributed by atoms with Crippen LogP contribution in [-0.4, -0.2) is 16.0 Å². The highest BCUT2D eigenvalue weighted by molar-refractivity contribution is 6.00. The predicted octanol–water partition coefficient (Wildman–Crippen LogP) is 5.16. The molecule has 0 fully saturated rings. The number of hydrogen-bond acceptors (Lipinski definition) is 2. The molecular weight excluding hydrogens is 336 g/mol. The fourth-order valence-corrected chi connectivity index (χ4v) is 3.18. The minimum absolute atomic E-state index is 0.0545. The molecule has 0 aliphatic carbocycles. The van der Waals surface area contributed by atoms with Gasteiger partial charge in [0.15, 0.2) is 0 Å². The maximum absolute atomic E-state index is 12.8. The van der Waals surface area contributed by atoms with E-state index in [0.29, 0.717) is 12.3 Å². The van der Waals surface area contributed by atoms with E-state index in [-0.39, 0.29) is 11.4 Å². The average molecular weight is 364 g/mol.